The monoisotopic (exact) mass is 314 g/mol. The van der Waals surface area contributed by atoms with Gasteiger partial charge < -0.3 is 4.74 Å². The Kier molecular flexibility index (Phi) is 4.57. The van der Waals surface area contributed by atoms with Gasteiger partial charge in [0.2, 0.25) is 0 Å². The molecule has 1 amide bonds. The van der Waals surface area contributed by atoms with E-state index in [1.54, 1.807) is 13.0 Å². The third kappa shape index (κ3) is 3.26. The number of amides is 1. The van der Waals surface area contributed by atoms with Gasteiger partial charge >= 0.3 is 6.09 Å². The zero-order chi connectivity index (χ0) is 14.7. The second-order valence-corrected chi connectivity index (χ2v) is 5.47. The highest BCUT2D eigenvalue weighted by atomic mass is 35.5. The van der Waals surface area contributed by atoms with Crippen LogP contribution in [0.2, 0.25) is 5.02 Å². The van der Waals surface area contributed by atoms with Crippen molar-refractivity contribution in [3.8, 4) is 0 Å². The fraction of sp³-hybridized carbons (Fsp3) is 0.231. The first kappa shape index (κ1) is 14.7. The molecule has 0 atom stereocenters. The van der Waals surface area contributed by atoms with Crippen molar-refractivity contribution in [1.29, 1.82) is 0 Å². The minimum Gasteiger partial charge on any atom is -0.444 e. The first-order valence-electron chi connectivity index (χ1n) is 5.78. The van der Waals surface area contributed by atoms with Crippen LogP contribution >= 0.6 is 23.1 Å². The zero-order valence-electron chi connectivity index (χ0n) is 10.9. The summed E-state index contributed by atoms with van der Waals surface area (Å²) in [5.41, 5.74) is 1.79. The molecule has 0 saturated carbocycles. The SMILES string of the molecule is Cc1nsc(C)c1NC(=O)OCc1cccc(F)c1Cl. The maximum absolute atomic E-state index is 13.2. The molecule has 0 aliphatic rings. The number of aromatic nitrogens is 1. The van der Waals surface area contributed by atoms with E-state index < -0.39 is 11.9 Å². The van der Waals surface area contributed by atoms with Crippen LogP contribution in [0.25, 0.3) is 0 Å². The van der Waals surface area contributed by atoms with Gasteiger partial charge in [-0.05, 0) is 31.4 Å². The minimum atomic E-state index is -0.628. The molecule has 0 spiro atoms. The van der Waals surface area contributed by atoms with Gasteiger partial charge in [-0.15, -0.1) is 0 Å². The van der Waals surface area contributed by atoms with Crippen LogP contribution in [0.4, 0.5) is 14.9 Å². The van der Waals surface area contributed by atoms with Crippen molar-refractivity contribution >= 4 is 34.9 Å². The normalized spacial score (nSPS) is 10.4. The number of anilines is 1. The number of benzene rings is 1. The molecular formula is C13H12ClFN2O2S. The lowest BCUT2D eigenvalue weighted by Crippen LogP contribution is -2.14. The summed E-state index contributed by atoms with van der Waals surface area (Å²) in [6.07, 6.45) is -0.628. The van der Waals surface area contributed by atoms with Gasteiger partial charge in [-0.3, -0.25) is 5.32 Å². The molecule has 0 fully saturated rings. The molecule has 2 aromatic rings. The molecule has 1 aromatic carbocycles. The maximum Gasteiger partial charge on any atom is 0.412 e. The average Bonchev–Trinajstić information content (AvgIpc) is 2.72. The van der Waals surface area contributed by atoms with E-state index in [0.29, 0.717) is 11.3 Å². The fourth-order valence-electron chi connectivity index (χ4n) is 1.60. The molecule has 1 aromatic heterocycles. The molecule has 1 N–H and O–H groups in total. The fourth-order valence-corrected chi connectivity index (χ4v) is 2.44. The Bertz CT molecular complexity index is 626. The van der Waals surface area contributed by atoms with Crippen molar-refractivity contribution in [2.24, 2.45) is 0 Å². The second kappa shape index (κ2) is 6.19. The van der Waals surface area contributed by atoms with Crippen molar-refractivity contribution < 1.29 is 13.9 Å². The van der Waals surface area contributed by atoms with E-state index in [-0.39, 0.29) is 11.6 Å². The van der Waals surface area contributed by atoms with Crippen molar-refractivity contribution in [2.75, 3.05) is 5.32 Å². The predicted octanol–water partition coefficient (Wildman–Crippen LogP) is 4.30. The van der Waals surface area contributed by atoms with E-state index in [9.17, 15) is 9.18 Å². The van der Waals surface area contributed by atoms with Gasteiger partial charge in [-0.1, -0.05) is 23.7 Å². The standard InChI is InChI=1S/C13H12ClFN2O2S/c1-7-12(8(2)20-17-7)16-13(18)19-6-9-4-3-5-10(15)11(9)14/h3-5H,6H2,1-2H3,(H,16,18). The molecule has 0 bridgehead atoms. The van der Waals surface area contributed by atoms with E-state index >= 15 is 0 Å². The Morgan fingerprint density at radius 1 is 1.50 bits per heavy atom. The minimum absolute atomic E-state index is 0.0372. The Morgan fingerprint density at radius 3 is 2.90 bits per heavy atom. The number of carbonyl (C=O) groups excluding carboxylic acids is 1. The molecule has 1 heterocycles. The van der Waals surface area contributed by atoms with Crippen molar-refractivity contribution in [2.45, 2.75) is 20.5 Å². The van der Waals surface area contributed by atoms with E-state index in [1.807, 2.05) is 6.92 Å². The molecule has 20 heavy (non-hydrogen) atoms. The van der Waals surface area contributed by atoms with Crippen LogP contribution < -0.4 is 5.32 Å². The number of halogens is 2. The van der Waals surface area contributed by atoms with E-state index in [1.165, 1.54) is 23.7 Å². The van der Waals surface area contributed by atoms with Crippen LogP contribution in [0.3, 0.4) is 0 Å². The number of hydrogen-bond donors (Lipinski definition) is 1. The average molecular weight is 315 g/mol. The van der Waals surface area contributed by atoms with E-state index in [4.69, 9.17) is 16.3 Å². The first-order valence-corrected chi connectivity index (χ1v) is 6.93. The molecule has 0 saturated heterocycles. The molecule has 7 heteroatoms. The first-order chi connectivity index (χ1) is 9.49. The van der Waals surface area contributed by atoms with Crippen LogP contribution in [0.5, 0.6) is 0 Å². The third-order valence-electron chi connectivity index (χ3n) is 2.65. The number of nitrogens with zero attached hydrogens (tertiary/aromatic N) is 1. The van der Waals surface area contributed by atoms with Crippen molar-refractivity contribution in [3.05, 3.63) is 45.2 Å². The smallest absolute Gasteiger partial charge is 0.412 e. The number of ether oxygens (including phenoxy) is 1. The van der Waals surface area contributed by atoms with Gasteiger partial charge in [-0.25, -0.2) is 9.18 Å². The van der Waals surface area contributed by atoms with Crippen LogP contribution in [0, 0.1) is 19.7 Å². The van der Waals surface area contributed by atoms with Gasteiger partial charge in [0, 0.05) is 10.4 Å². The molecular weight excluding hydrogens is 303 g/mol. The molecule has 0 radical (unpaired) electrons. The summed E-state index contributed by atoms with van der Waals surface area (Å²) in [6.45, 7) is 3.55. The summed E-state index contributed by atoms with van der Waals surface area (Å²) in [4.78, 5) is 12.6. The number of nitrogens with one attached hydrogen (secondary N) is 1. The summed E-state index contributed by atoms with van der Waals surface area (Å²) in [5, 5.41) is 2.58. The number of rotatable bonds is 3. The summed E-state index contributed by atoms with van der Waals surface area (Å²) in [7, 11) is 0. The van der Waals surface area contributed by atoms with Crippen LogP contribution in [0.1, 0.15) is 16.1 Å². The Balaban J connectivity index is 1.98. The van der Waals surface area contributed by atoms with Gasteiger partial charge in [0.1, 0.15) is 12.4 Å². The van der Waals surface area contributed by atoms with Crippen LogP contribution in [-0.4, -0.2) is 10.5 Å². The van der Waals surface area contributed by atoms with E-state index in [0.717, 1.165) is 10.6 Å². The highest BCUT2D eigenvalue weighted by molar-refractivity contribution is 7.06. The highest BCUT2D eigenvalue weighted by Gasteiger charge is 2.13. The van der Waals surface area contributed by atoms with Gasteiger partial charge in [0.05, 0.1) is 16.4 Å². The van der Waals surface area contributed by atoms with Crippen molar-refractivity contribution in [3.63, 3.8) is 0 Å². The third-order valence-corrected chi connectivity index (χ3v) is 3.92. The van der Waals surface area contributed by atoms with Crippen LogP contribution in [0.15, 0.2) is 18.2 Å². The second-order valence-electron chi connectivity index (χ2n) is 4.11. The van der Waals surface area contributed by atoms with Crippen LogP contribution in [-0.2, 0) is 11.3 Å². The molecule has 2 rings (SSSR count). The van der Waals surface area contributed by atoms with E-state index in [2.05, 4.69) is 9.69 Å². The number of hydrogen-bond acceptors (Lipinski definition) is 4. The van der Waals surface area contributed by atoms with Gasteiger partial charge in [0.15, 0.2) is 0 Å². The largest absolute Gasteiger partial charge is 0.444 e. The summed E-state index contributed by atoms with van der Waals surface area (Å²) < 4.78 is 22.4. The Hall–Kier alpha value is -1.66. The van der Waals surface area contributed by atoms with Gasteiger partial charge in [0.25, 0.3) is 0 Å². The topological polar surface area (TPSA) is 51.2 Å². The summed E-state index contributed by atoms with van der Waals surface area (Å²) in [6, 6.07) is 4.35. The molecule has 0 aliphatic carbocycles. The maximum atomic E-state index is 13.2. The molecule has 0 unspecified atom stereocenters. The summed E-state index contributed by atoms with van der Waals surface area (Å²) in [5.74, 6) is -0.540. The predicted molar refractivity (Wildman–Crippen MR) is 76.8 cm³/mol. The lowest BCUT2D eigenvalue weighted by atomic mass is 10.2. The lowest BCUT2D eigenvalue weighted by molar-refractivity contribution is 0.155. The summed E-state index contributed by atoms with van der Waals surface area (Å²) >= 11 is 7.08. The number of aryl methyl sites for hydroxylation is 2. The van der Waals surface area contributed by atoms with Gasteiger partial charge in [-0.2, -0.15) is 4.37 Å². The molecule has 4 nitrogen and oxygen atoms in total. The highest BCUT2D eigenvalue weighted by Crippen LogP contribution is 2.24. The lowest BCUT2D eigenvalue weighted by Gasteiger charge is -2.08. The Morgan fingerprint density at radius 2 is 2.25 bits per heavy atom. The zero-order valence-corrected chi connectivity index (χ0v) is 12.4. The van der Waals surface area contributed by atoms with Crippen molar-refractivity contribution in [1.82, 2.24) is 4.37 Å². The quantitative estimate of drug-likeness (QED) is 0.919. The number of carbonyl (C=O) groups is 1. The molecule has 106 valence electrons. The molecule has 0 aliphatic heterocycles. The Labute approximate surface area is 124 Å².